The molecule has 26 heavy (non-hydrogen) atoms. The molecule has 3 aromatic rings. The van der Waals surface area contributed by atoms with E-state index in [0.29, 0.717) is 11.1 Å². The van der Waals surface area contributed by atoms with Gasteiger partial charge in [-0.2, -0.15) is 20.2 Å². The predicted molar refractivity (Wildman–Crippen MR) is 98.6 cm³/mol. The SMILES string of the molecule is Cc1cc(C=C(C#N)c2nc(N)nc(Nc3ccccc3)n2)ccc1F. The van der Waals surface area contributed by atoms with Gasteiger partial charge in [-0.15, -0.1) is 0 Å². The summed E-state index contributed by atoms with van der Waals surface area (Å²) in [5, 5.41) is 12.5. The lowest BCUT2D eigenvalue weighted by molar-refractivity contribution is 0.618. The molecule has 0 spiro atoms. The number of rotatable bonds is 4. The molecule has 0 bridgehead atoms. The van der Waals surface area contributed by atoms with Crippen LogP contribution in [0, 0.1) is 24.1 Å². The van der Waals surface area contributed by atoms with E-state index in [1.54, 1.807) is 25.1 Å². The maximum atomic E-state index is 13.4. The highest BCUT2D eigenvalue weighted by atomic mass is 19.1. The molecule has 0 saturated carbocycles. The number of hydrogen-bond acceptors (Lipinski definition) is 6. The van der Waals surface area contributed by atoms with Crippen molar-refractivity contribution in [2.75, 3.05) is 11.1 Å². The van der Waals surface area contributed by atoms with Gasteiger partial charge in [-0.25, -0.2) is 4.39 Å². The zero-order chi connectivity index (χ0) is 18.5. The first kappa shape index (κ1) is 17.0. The fraction of sp³-hybridized carbons (Fsp3) is 0.0526. The summed E-state index contributed by atoms with van der Waals surface area (Å²) < 4.78 is 13.4. The van der Waals surface area contributed by atoms with Gasteiger partial charge < -0.3 is 11.1 Å². The Balaban J connectivity index is 1.97. The minimum Gasteiger partial charge on any atom is -0.368 e. The number of allylic oxidation sites excluding steroid dienone is 1. The number of anilines is 3. The fourth-order valence-corrected chi connectivity index (χ4v) is 2.29. The number of aryl methyl sites for hydroxylation is 1. The molecule has 128 valence electrons. The summed E-state index contributed by atoms with van der Waals surface area (Å²) in [6.07, 6.45) is 1.58. The van der Waals surface area contributed by atoms with E-state index in [9.17, 15) is 9.65 Å². The van der Waals surface area contributed by atoms with Crippen LogP contribution in [-0.4, -0.2) is 15.0 Å². The van der Waals surface area contributed by atoms with Crippen molar-refractivity contribution in [2.45, 2.75) is 6.92 Å². The molecule has 0 saturated heterocycles. The normalized spacial score (nSPS) is 11.0. The first-order valence-electron chi connectivity index (χ1n) is 7.77. The molecule has 6 nitrogen and oxygen atoms in total. The van der Waals surface area contributed by atoms with Crippen LogP contribution in [0.1, 0.15) is 17.0 Å². The molecule has 2 aromatic carbocycles. The number of halogens is 1. The van der Waals surface area contributed by atoms with Crippen LogP contribution >= 0.6 is 0 Å². The maximum absolute atomic E-state index is 13.4. The molecule has 3 rings (SSSR count). The lowest BCUT2D eigenvalue weighted by atomic mass is 10.1. The summed E-state index contributed by atoms with van der Waals surface area (Å²) >= 11 is 0. The van der Waals surface area contributed by atoms with Gasteiger partial charge in [0.25, 0.3) is 0 Å². The molecule has 0 aliphatic rings. The molecule has 0 unspecified atom stereocenters. The molecular formula is C19H15FN6. The molecule has 0 amide bonds. The van der Waals surface area contributed by atoms with Crippen LogP contribution in [0.15, 0.2) is 48.5 Å². The number of aromatic nitrogens is 3. The Kier molecular flexibility index (Phi) is 4.85. The highest BCUT2D eigenvalue weighted by Crippen LogP contribution is 2.19. The van der Waals surface area contributed by atoms with E-state index in [-0.39, 0.29) is 29.1 Å². The van der Waals surface area contributed by atoms with E-state index in [4.69, 9.17) is 5.73 Å². The van der Waals surface area contributed by atoms with Crippen LogP contribution in [0.2, 0.25) is 0 Å². The van der Waals surface area contributed by atoms with Crippen molar-refractivity contribution in [2.24, 2.45) is 0 Å². The number of nitriles is 1. The lowest BCUT2D eigenvalue weighted by Gasteiger charge is -2.07. The zero-order valence-electron chi connectivity index (χ0n) is 13.9. The van der Waals surface area contributed by atoms with Crippen molar-refractivity contribution < 1.29 is 4.39 Å². The van der Waals surface area contributed by atoms with Gasteiger partial charge in [-0.05, 0) is 48.4 Å². The van der Waals surface area contributed by atoms with E-state index in [2.05, 4.69) is 26.3 Å². The maximum Gasteiger partial charge on any atom is 0.232 e. The summed E-state index contributed by atoms with van der Waals surface area (Å²) in [6.45, 7) is 1.65. The topological polar surface area (TPSA) is 101 Å². The van der Waals surface area contributed by atoms with Gasteiger partial charge >= 0.3 is 0 Å². The van der Waals surface area contributed by atoms with Crippen molar-refractivity contribution in [3.8, 4) is 6.07 Å². The minimum atomic E-state index is -0.306. The monoisotopic (exact) mass is 346 g/mol. The number of para-hydroxylation sites is 1. The number of nitrogens with two attached hydrogens (primary N) is 1. The standard InChI is InChI=1S/C19H15FN6/c1-12-9-13(7-8-16(12)20)10-14(11-21)17-24-18(22)26-19(25-17)23-15-5-3-2-4-6-15/h2-10H,1H3,(H3,22,23,24,25,26). The van der Waals surface area contributed by atoms with Gasteiger partial charge in [0.15, 0.2) is 5.82 Å². The van der Waals surface area contributed by atoms with Gasteiger partial charge in [0.2, 0.25) is 11.9 Å². The number of nitrogen functional groups attached to an aromatic ring is 1. The van der Waals surface area contributed by atoms with Crippen molar-refractivity contribution in [3.05, 3.63) is 71.3 Å². The summed E-state index contributed by atoms with van der Waals surface area (Å²) in [7, 11) is 0. The predicted octanol–water partition coefficient (Wildman–Crippen LogP) is 3.71. The lowest BCUT2D eigenvalue weighted by Crippen LogP contribution is -2.06. The first-order chi connectivity index (χ1) is 12.5. The molecule has 1 aromatic heterocycles. The summed E-state index contributed by atoms with van der Waals surface area (Å²) in [6, 6.07) is 15.9. The molecule has 0 aliphatic heterocycles. The average Bonchev–Trinajstić information content (AvgIpc) is 2.63. The Morgan fingerprint density at radius 1 is 1.15 bits per heavy atom. The largest absolute Gasteiger partial charge is 0.368 e. The van der Waals surface area contributed by atoms with E-state index in [0.717, 1.165) is 5.69 Å². The van der Waals surface area contributed by atoms with Crippen LogP contribution in [0.4, 0.5) is 22.0 Å². The number of nitrogens with one attached hydrogen (secondary N) is 1. The van der Waals surface area contributed by atoms with Crippen LogP contribution in [0.5, 0.6) is 0 Å². The Hall–Kier alpha value is -3.79. The summed E-state index contributed by atoms with van der Waals surface area (Å²) in [5.74, 6) is 0.0554. The first-order valence-corrected chi connectivity index (χ1v) is 7.77. The van der Waals surface area contributed by atoms with Crippen molar-refractivity contribution in [1.82, 2.24) is 15.0 Å². The van der Waals surface area contributed by atoms with E-state index < -0.39 is 0 Å². The van der Waals surface area contributed by atoms with Crippen LogP contribution < -0.4 is 11.1 Å². The van der Waals surface area contributed by atoms with Crippen LogP contribution in [-0.2, 0) is 0 Å². The van der Waals surface area contributed by atoms with E-state index in [1.807, 2.05) is 30.3 Å². The highest BCUT2D eigenvalue weighted by molar-refractivity contribution is 5.87. The minimum absolute atomic E-state index is 0.00938. The Labute approximate surface area is 149 Å². The van der Waals surface area contributed by atoms with Gasteiger partial charge in [0.05, 0.1) is 5.57 Å². The molecule has 7 heteroatoms. The molecule has 0 fully saturated rings. The molecule has 0 atom stereocenters. The van der Waals surface area contributed by atoms with Crippen molar-refractivity contribution in [3.63, 3.8) is 0 Å². The Morgan fingerprint density at radius 3 is 2.62 bits per heavy atom. The van der Waals surface area contributed by atoms with E-state index >= 15 is 0 Å². The molecule has 1 heterocycles. The second-order valence-electron chi connectivity index (χ2n) is 5.51. The molecule has 3 N–H and O–H groups in total. The highest BCUT2D eigenvalue weighted by Gasteiger charge is 2.10. The van der Waals surface area contributed by atoms with Gasteiger partial charge in [-0.1, -0.05) is 24.3 Å². The van der Waals surface area contributed by atoms with E-state index in [1.165, 1.54) is 6.07 Å². The fourth-order valence-electron chi connectivity index (χ4n) is 2.29. The van der Waals surface area contributed by atoms with Crippen molar-refractivity contribution in [1.29, 1.82) is 5.26 Å². The zero-order valence-corrected chi connectivity index (χ0v) is 13.9. The number of hydrogen-bond donors (Lipinski definition) is 2. The Bertz CT molecular complexity index is 1010. The molecule has 0 aliphatic carbocycles. The van der Waals surface area contributed by atoms with Gasteiger partial charge in [0, 0.05) is 5.69 Å². The van der Waals surface area contributed by atoms with Crippen molar-refractivity contribution >= 4 is 29.2 Å². The van der Waals surface area contributed by atoms with Crippen LogP contribution in [0.3, 0.4) is 0 Å². The quantitative estimate of drug-likeness (QED) is 0.699. The second-order valence-corrected chi connectivity index (χ2v) is 5.51. The Morgan fingerprint density at radius 2 is 1.92 bits per heavy atom. The second kappa shape index (κ2) is 7.40. The third-order valence-electron chi connectivity index (χ3n) is 3.54. The molecule has 0 radical (unpaired) electrons. The smallest absolute Gasteiger partial charge is 0.232 e. The van der Waals surface area contributed by atoms with Crippen LogP contribution in [0.25, 0.3) is 11.6 Å². The number of benzene rings is 2. The summed E-state index contributed by atoms with van der Waals surface area (Å²) in [4.78, 5) is 12.3. The molecular weight excluding hydrogens is 331 g/mol. The average molecular weight is 346 g/mol. The third kappa shape index (κ3) is 3.99. The number of nitrogens with zero attached hydrogens (tertiary/aromatic N) is 4. The van der Waals surface area contributed by atoms with Gasteiger partial charge in [0.1, 0.15) is 11.9 Å². The summed E-state index contributed by atoms with van der Waals surface area (Å²) in [5.41, 5.74) is 7.88. The van der Waals surface area contributed by atoms with Gasteiger partial charge in [-0.3, -0.25) is 0 Å². The third-order valence-corrected chi connectivity index (χ3v) is 3.54.